The number of benzene rings is 3. The normalized spacial score (nSPS) is 11.9. The number of pyridine rings is 1. The molecule has 0 spiro atoms. The van der Waals surface area contributed by atoms with E-state index in [9.17, 15) is 9.18 Å². The molecule has 0 bridgehead atoms. The monoisotopic (exact) mass is 449 g/mol. The van der Waals surface area contributed by atoms with Gasteiger partial charge < -0.3 is 10.3 Å². The highest BCUT2D eigenvalue weighted by molar-refractivity contribution is 5.91. The lowest BCUT2D eigenvalue weighted by molar-refractivity contribution is -0.121. The molecule has 0 aliphatic rings. The van der Waals surface area contributed by atoms with Crippen molar-refractivity contribution in [3.05, 3.63) is 126 Å². The molecule has 5 aromatic rings. The number of nitrogens with zero attached hydrogens (tertiary/aromatic N) is 1. The highest BCUT2D eigenvalue weighted by atomic mass is 19.1. The van der Waals surface area contributed by atoms with Crippen LogP contribution in [0.25, 0.3) is 22.2 Å². The summed E-state index contributed by atoms with van der Waals surface area (Å²) in [5.74, 6) is -0.336. The molecule has 2 heterocycles. The molecule has 5 rings (SSSR count). The van der Waals surface area contributed by atoms with Crippen molar-refractivity contribution in [2.45, 2.75) is 18.9 Å². The summed E-state index contributed by atoms with van der Waals surface area (Å²) in [4.78, 5) is 21.0. The van der Waals surface area contributed by atoms with E-state index in [-0.39, 0.29) is 17.8 Å². The Kier molecular flexibility index (Phi) is 6.17. The van der Waals surface area contributed by atoms with Gasteiger partial charge in [-0.25, -0.2) is 4.39 Å². The summed E-state index contributed by atoms with van der Waals surface area (Å²) >= 11 is 0. The number of aromatic nitrogens is 2. The summed E-state index contributed by atoms with van der Waals surface area (Å²) in [6.45, 7) is 0. The highest BCUT2D eigenvalue weighted by Gasteiger charge is 2.19. The summed E-state index contributed by atoms with van der Waals surface area (Å²) < 4.78 is 13.5. The number of aryl methyl sites for hydroxylation is 1. The number of hydrogen-bond donors (Lipinski definition) is 2. The Hall–Kier alpha value is -4.25. The Morgan fingerprint density at radius 3 is 2.38 bits per heavy atom. The van der Waals surface area contributed by atoms with Crippen LogP contribution in [-0.2, 0) is 11.2 Å². The largest absolute Gasteiger partial charge is 0.354 e. The van der Waals surface area contributed by atoms with E-state index in [2.05, 4.69) is 15.3 Å². The smallest absolute Gasteiger partial charge is 0.221 e. The summed E-state index contributed by atoms with van der Waals surface area (Å²) in [5.41, 5.74) is 5.62. The van der Waals surface area contributed by atoms with E-state index in [0.717, 1.165) is 39.0 Å². The first-order valence-corrected chi connectivity index (χ1v) is 11.3. The topological polar surface area (TPSA) is 57.8 Å². The van der Waals surface area contributed by atoms with Crippen molar-refractivity contribution >= 4 is 16.8 Å². The van der Waals surface area contributed by atoms with Crippen LogP contribution in [0.15, 0.2) is 103 Å². The second kappa shape index (κ2) is 9.71. The van der Waals surface area contributed by atoms with Crippen molar-refractivity contribution in [2.24, 2.45) is 0 Å². The first kappa shape index (κ1) is 21.6. The fourth-order valence-electron chi connectivity index (χ4n) is 4.31. The molecular formula is C29H24FN3O. The summed E-state index contributed by atoms with van der Waals surface area (Å²) in [6.07, 6.45) is 2.59. The fraction of sp³-hybridized carbons (Fsp3) is 0.103. The molecule has 1 atom stereocenters. The molecule has 5 heteroatoms. The lowest BCUT2D eigenvalue weighted by Crippen LogP contribution is -2.30. The van der Waals surface area contributed by atoms with E-state index in [1.54, 1.807) is 18.3 Å². The first-order chi connectivity index (χ1) is 16.7. The molecule has 0 saturated heterocycles. The molecule has 0 aliphatic heterocycles. The number of hydrogen-bond acceptors (Lipinski definition) is 2. The van der Waals surface area contributed by atoms with Crippen LogP contribution >= 0.6 is 0 Å². The standard InChI is InChI=1S/C29H24FN3O/c30-22-15-13-21(14-16-22)28-24(23-10-4-5-11-25(23)32-28)17-18-27(34)33-29(20-8-2-1-3-9-20)26-12-6-7-19-31-26/h1-16,19,29,32H,17-18H2,(H,33,34). The van der Waals surface area contributed by atoms with Crippen LogP contribution < -0.4 is 5.32 Å². The molecule has 0 aliphatic carbocycles. The van der Waals surface area contributed by atoms with Crippen LogP contribution in [0.4, 0.5) is 4.39 Å². The van der Waals surface area contributed by atoms with Crippen molar-refractivity contribution < 1.29 is 9.18 Å². The van der Waals surface area contributed by atoms with Gasteiger partial charge in [0.05, 0.1) is 11.7 Å². The number of fused-ring (bicyclic) bond motifs is 1. The number of para-hydroxylation sites is 1. The van der Waals surface area contributed by atoms with Gasteiger partial charge in [-0.2, -0.15) is 0 Å². The molecular weight excluding hydrogens is 425 g/mol. The number of amides is 1. The van der Waals surface area contributed by atoms with Gasteiger partial charge in [0.2, 0.25) is 5.91 Å². The number of halogens is 1. The molecule has 1 unspecified atom stereocenters. The molecule has 1 amide bonds. The predicted molar refractivity (Wildman–Crippen MR) is 133 cm³/mol. The zero-order valence-electron chi connectivity index (χ0n) is 18.5. The number of carbonyl (C=O) groups excluding carboxylic acids is 1. The Morgan fingerprint density at radius 2 is 1.62 bits per heavy atom. The number of carbonyl (C=O) groups is 1. The lowest BCUT2D eigenvalue weighted by atomic mass is 10.00. The first-order valence-electron chi connectivity index (χ1n) is 11.3. The van der Waals surface area contributed by atoms with Gasteiger partial charge >= 0.3 is 0 Å². The third kappa shape index (κ3) is 4.59. The zero-order valence-corrected chi connectivity index (χ0v) is 18.5. The summed E-state index contributed by atoms with van der Waals surface area (Å²) in [6, 6.07) is 29.7. The molecule has 0 radical (unpaired) electrons. The lowest BCUT2D eigenvalue weighted by Gasteiger charge is -2.19. The van der Waals surface area contributed by atoms with Gasteiger partial charge in [-0.05, 0) is 65.6 Å². The maximum Gasteiger partial charge on any atom is 0.221 e. The van der Waals surface area contributed by atoms with E-state index in [0.29, 0.717) is 12.8 Å². The molecule has 2 N–H and O–H groups in total. The number of aromatic amines is 1. The maximum absolute atomic E-state index is 13.5. The molecule has 168 valence electrons. The Bertz CT molecular complexity index is 1360. The fourth-order valence-corrected chi connectivity index (χ4v) is 4.31. The van der Waals surface area contributed by atoms with Gasteiger partial charge in [-0.15, -0.1) is 0 Å². The average molecular weight is 450 g/mol. The van der Waals surface area contributed by atoms with Crippen molar-refractivity contribution in [1.29, 1.82) is 0 Å². The Balaban J connectivity index is 1.40. The molecule has 3 aromatic carbocycles. The Morgan fingerprint density at radius 1 is 0.882 bits per heavy atom. The Labute approximate surface area is 197 Å². The van der Waals surface area contributed by atoms with Gasteiger partial charge in [0, 0.05) is 29.2 Å². The van der Waals surface area contributed by atoms with Crippen LogP contribution in [-0.4, -0.2) is 15.9 Å². The minimum absolute atomic E-state index is 0.0603. The van der Waals surface area contributed by atoms with Gasteiger partial charge in [-0.1, -0.05) is 54.6 Å². The van der Waals surface area contributed by atoms with Crippen LogP contribution in [0, 0.1) is 5.82 Å². The third-order valence-corrected chi connectivity index (χ3v) is 5.97. The molecule has 4 nitrogen and oxygen atoms in total. The second-order valence-electron chi connectivity index (χ2n) is 8.20. The van der Waals surface area contributed by atoms with E-state index < -0.39 is 0 Å². The SMILES string of the molecule is O=C(CCc1c(-c2ccc(F)cc2)[nH]c2ccccc12)NC(c1ccccc1)c1ccccn1. The van der Waals surface area contributed by atoms with Crippen molar-refractivity contribution in [3.8, 4) is 11.3 Å². The summed E-state index contributed by atoms with van der Waals surface area (Å²) in [7, 11) is 0. The van der Waals surface area contributed by atoms with Crippen LogP contribution in [0.2, 0.25) is 0 Å². The minimum atomic E-state index is -0.325. The van der Waals surface area contributed by atoms with Crippen molar-refractivity contribution in [3.63, 3.8) is 0 Å². The van der Waals surface area contributed by atoms with E-state index in [1.807, 2.05) is 72.8 Å². The van der Waals surface area contributed by atoms with Crippen LogP contribution in [0.1, 0.15) is 29.3 Å². The van der Waals surface area contributed by atoms with Crippen molar-refractivity contribution in [2.75, 3.05) is 0 Å². The third-order valence-electron chi connectivity index (χ3n) is 5.97. The van der Waals surface area contributed by atoms with E-state index >= 15 is 0 Å². The highest BCUT2D eigenvalue weighted by Crippen LogP contribution is 2.31. The van der Waals surface area contributed by atoms with Crippen molar-refractivity contribution in [1.82, 2.24) is 15.3 Å². The zero-order chi connectivity index (χ0) is 23.3. The number of rotatable bonds is 7. The van der Waals surface area contributed by atoms with Gasteiger partial charge in [-0.3, -0.25) is 9.78 Å². The summed E-state index contributed by atoms with van der Waals surface area (Å²) in [5, 5.41) is 4.23. The van der Waals surface area contributed by atoms with Gasteiger partial charge in [0.15, 0.2) is 0 Å². The molecule has 0 saturated carbocycles. The van der Waals surface area contributed by atoms with Crippen LogP contribution in [0.5, 0.6) is 0 Å². The quantitative estimate of drug-likeness (QED) is 0.310. The number of nitrogens with one attached hydrogen (secondary N) is 2. The predicted octanol–water partition coefficient (Wildman–Crippen LogP) is 6.21. The molecule has 2 aromatic heterocycles. The van der Waals surface area contributed by atoms with E-state index in [4.69, 9.17) is 0 Å². The maximum atomic E-state index is 13.5. The molecule has 0 fully saturated rings. The minimum Gasteiger partial charge on any atom is -0.354 e. The van der Waals surface area contributed by atoms with E-state index in [1.165, 1.54) is 12.1 Å². The average Bonchev–Trinajstić information content (AvgIpc) is 3.26. The number of H-pyrrole nitrogens is 1. The van der Waals surface area contributed by atoms with Gasteiger partial charge in [0.25, 0.3) is 0 Å². The van der Waals surface area contributed by atoms with Gasteiger partial charge in [0.1, 0.15) is 5.82 Å². The van der Waals surface area contributed by atoms with Crippen LogP contribution in [0.3, 0.4) is 0 Å². The molecule has 34 heavy (non-hydrogen) atoms. The second-order valence-corrected chi connectivity index (χ2v) is 8.20.